The standard InChI is InChI=1S/C12H16N4O2S/c1-16-9-7-10(15-16)6-8-14-19(17,18)12-5-3-2-4-11(12)13/h2-5,7,9,14H,6,8,13H2,1H3. The zero-order valence-corrected chi connectivity index (χ0v) is 11.4. The molecule has 0 amide bonds. The molecule has 0 fully saturated rings. The third-order valence-electron chi connectivity index (χ3n) is 2.65. The minimum absolute atomic E-state index is 0.107. The summed E-state index contributed by atoms with van der Waals surface area (Å²) in [5.41, 5.74) is 6.74. The number of hydrogen-bond acceptors (Lipinski definition) is 4. The van der Waals surface area contributed by atoms with Crippen LogP contribution in [0.2, 0.25) is 0 Å². The molecule has 3 N–H and O–H groups in total. The van der Waals surface area contributed by atoms with Gasteiger partial charge in [0.25, 0.3) is 0 Å². The van der Waals surface area contributed by atoms with Crippen LogP contribution >= 0.6 is 0 Å². The van der Waals surface area contributed by atoms with Gasteiger partial charge in [0.1, 0.15) is 4.90 Å². The number of nitrogens with zero attached hydrogens (tertiary/aromatic N) is 2. The zero-order valence-electron chi connectivity index (χ0n) is 10.6. The van der Waals surface area contributed by atoms with E-state index in [-0.39, 0.29) is 17.1 Å². The third kappa shape index (κ3) is 3.33. The van der Waals surface area contributed by atoms with E-state index < -0.39 is 10.0 Å². The van der Waals surface area contributed by atoms with Crippen molar-refractivity contribution in [2.75, 3.05) is 12.3 Å². The number of rotatable bonds is 5. The second-order valence-electron chi connectivity index (χ2n) is 4.17. The summed E-state index contributed by atoms with van der Waals surface area (Å²) >= 11 is 0. The Morgan fingerprint density at radius 2 is 2.05 bits per heavy atom. The molecule has 0 aliphatic heterocycles. The van der Waals surface area contributed by atoms with Crippen LogP contribution in [0.25, 0.3) is 0 Å². The molecule has 0 aliphatic carbocycles. The van der Waals surface area contributed by atoms with Gasteiger partial charge < -0.3 is 5.73 Å². The minimum Gasteiger partial charge on any atom is -0.398 e. The predicted molar refractivity (Wildman–Crippen MR) is 73.0 cm³/mol. The van der Waals surface area contributed by atoms with Gasteiger partial charge in [-0.15, -0.1) is 0 Å². The molecule has 2 aromatic rings. The minimum atomic E-state index is -3.56. The Hall–Kier alpha value is -1.86. The van der Waals surface area contributed by atoms with Crippen LogP contribution in [-0.4, -0.2) is 24.7 Å². The molecule has 0 bridgehead atoms. The number of nitrogens with one attached hydrogen (secondary N) is 1. The fraction of sp³-hybridized carbons (Fsp3) is 0.250. The van der Waals surface area contributed by atoms with Crippen LogP contribution in [0.5, 0.6) is 0 Å². The molecule has 0 saturated carbocycles. The molecular formula is C12H16N4O2S. The van der Waals surface area contributed by atoms with E-state index in [1.54, 1.807) is 22.9 Å². The number of para-hydroxylation sites is 1. The highest BCUT2D eigenvalue weighted by atomic mass is 32.2. The Labute approximate surface area is 112 Å². The van der Waals surface area contributed by atoms with Gasteiger partial charge in [0.15, 0.2) is 0 Å². The van der Waals surface area contributed by atoms with Crippen molar-refractivity contribution in [2.45, 2.75) is 11.3 Å². The summed E-state index contributed by atoms with van der Waals surface area (Å²) in [6, 6.07) is 8.24. The molecule has 0 spiro atoms. The average Bonchev–Trinajstić information content (AvgIpc) is 2.75. The second kappa shape index (κ2) is 5.41. The lowest BCUT2D eigenvalue weighted by Gasteiger charge is -2.08. The normalized spacial score (nSPS) is 11.6. The van der Waals surface area contributed by atoms with Gasteiger partial charge in [-0.25, -0.2) is 13.1 Å². The van der Waals surface area contributed by atoms with Crippen molar-refractivity contribution in [3.63, 3.8) is 0 Å². The summed E-state index contributed by atoms with van der Waals surface area (Å²) < 4.78 is 28.3. The molecule has 6 nitrogen and oxygen atoms in total. The summed E-state index contributed by atoms with van der Waals surface area (Å²) in [6.45, 7) is 0.285. The summed E-state index contributed by atoms with van der Waals surface area (Å²) in [5.74, 6) is 0. The Balaban J connectivity index is 2.01. The first-order chi connectivity index (χ1) is 8.99. The highest BCUT2D eigenvalue weighted by molar-refractivity contribution is 7.89. The lowest BCUT2D eigenvalue weighted by molar-refractivity contribution is 0.581. The second-order valence-corrected chi connectivity index (χ2v) is 5.90. The summed E-state index contributed by atoms with van der Waals surface area (Å²) in [6.07, 6.45) is 2.35. The molecule has 0 radical (unpaired) electrons. The smallest absolute Gasteiger partial charge is 0.242 e. The number of hydrogen-bond donors (Lipinski definition) is 2. The maximum absolute atomic E-state index is 12.0. The SMILES string of the molecule is Cn1ccc(CCNS(=O)(=O)c2ccccc2N)n1. The summed E-state index contributed by atoms with van der Waals surface area (Å²) in [7, 11) is -1.75. The van der Waals surface area contributed by atoms with Gasteiger partial charge >= 0.3 is 0 Å². The summed E-state index contributed by atoms with van der Waals surface area (Å²) in [4.78, 5) is 0.107. The molecule has 0 unspecified atom stereocenters. The largest absolute Gasteiger partial charge is 0.398 e. The van der Waals surface area contributed by atoms with Crippen LogP contribution < -0.4 is 10.5 Å². The molecule has 1 aromatic heterocycles. The number of sulfonamides is 1. The van der Waals surface area contributed by atoms with Gasteiger partial charge in [0, 0.05) is 26.2 Å². The molecule has 0 saturated heterocycles. The molecular weight excluding hydrogens is 264 g/mol. The first-order valence-corrected chi connectivity index (χ1v) is 7.30. The van der Waals surface area contributed by atoms with Gasteiger partial charge in [0.05, 0.1) is 11.4 Å². The van der Waals surface area contributed by atoms with Gasteiger partial charge in [-0.2, -0.15) is 5.10 Å². The highest BCUT2D eigenvalue weighted by Gasteiger charge is 2.16. The van der Waals surface area contributed by atoms with Crippen molar-refractivity contribution < 1.29 is 8.42 Å². The van der Waals surface area contributed by atoms with Gasteiger partial charge in [-0.05, 0) is 18.2 Å². The van der Waals surface area contributed by atoms with Gasteiger partial charge in [0.2, 0.25) is 10.0 Å². The number of aromatic nitrogens is 2. The number of nitrogens with two attached hydrogens (primary N) is 1. The van der Waals surface area contributed by atoms with Crippen molar-refractivity contribution in [3.8, 4) is 0 Å². The molecule has 1 heterocycles. The van der Waals surface area contributed by atoms with Gasteiger partial charge in [-0.1, -0.05) is 12.1 Å². The molecule has 7 heteroatoms. The van der Waals surface area contributed by atoms with Crippen molar-refractivity contribution in [1.82, 2.24) is 14.5 Å². The fourth-order valence-corrected chi connectivity index (χ4v) is 2.88. The number of benzene rings is 1. The van der Waals surface area contributed by atoms with E-state index in [1.165, 1.54) is 6.07 Å². The van der Waals surface area contributed by atoms with Crippen molar-refractivity contribution in [3.05, 3.63) is 42.2 Å². The van der Waals surface area contributed by atoms with Crippen LogP contribution in [0, 0.1) is 0 Å². The van der Waals surface area contributed by atoms with Crippen LogP contribution in [-0.2, 0) is 23.5 Å². The first kappa shape index (κ1) is 13.6. The molecule has 2 rings (SSSR count). The third-order valence-corrected chi connectivity index (χ3v) is 4.19. The van der Waals surface area contributed by atoms with Crippen LogP contribution in [0.4, 0.5) is 5.69 Å². The lowest BCUT2D eigenvalue weighted by Crippen LogP contribution is -2.26. The maximum atomic E-state index is 12.0. The maximum Gasteiger partial charge on any atom is 0.242 e. The first-order valence-electron chi connectivity index (χ1n) is 5.82. The van der Waals surface area contributed by atoms with Crippen molar-refractivity contribution in [1.29, 1.82) is 0 Å². The van der Waals surface area contributed by atoms with Crippen molar-refractivity contribution >= 4 is 15.7 Å². The highest BCUT2D eigenvalue weighted by Crippen LogP contribution is 2.16. The Morgan fingerprint density at radius 3 is 2.68 bits per heavy atom. The van der Waals surface area contributed by atoms with Crippen LogP contribution in [0.15, 0.2) is 41.4 Å². The zero-order chi connectivity index (χ0) is 13.9. The van der Waals surface area contributed by atoms with Gasteiger partial charge in [-0.3, -0.25) is 4.68 Å². The Bertz CT molecular complexity index is 664. The van der Waals surface area contributed by atoms with E-state index in [9.17, 15) is 8.42 Å². The fourth-order valence-electron chi connectivity index (χ4n) is 1.71. The average molecular weight is 280 g/mol. The Morgan fingerprint density at radius 1 is 1.32 bits per heavy atom. The number of anilines is 1. The molecule has 0 atom stereocenters. The van der Waals surface area contributed by atoms with E-state index in [0.717, 1.165) is 5.69 Å². The molecule has 102 valence electrons. The van der Waals surface area contributed by atoms with Crippen LogP contribution in [0.1, 0.15) is 5.69 Å². The van der Waals surface area contributed by atoms with E-state index in [1.807, 2.05) is 19.3 Å². The lowest BCUT2D eigenvalue weighted by atomic mass is 10.3. The van der Waals surface area contributed by atoms with Crippen molar-refractivity contribution in [2.24, 2.45) is 7.05 Å². The topological polar surface area (TPSA) is 90.0 Å². The van der Waals surface area contributed by atoms with Crippen LogP contribution in [0.3, 0.4) is 0 Å². The van der Waals surface area contributed by atoms with E-state index in [2.05, 4.69) is 9.82 Å². The molecule has 1 aromatic carbocycles. The quantitative estimate of drug-likeness (QED) is 0.781. The molecule has 0 aliphatic rings. The van der Waals surface area contributed by atoms with E-state index in [4.69, 9.17) is 5.73 Å². The Kier molecular flexibility index (Phi) is 3.87. The predicted octanol–water partition coefficient (Wildman–Crippen LogP) is 0.523. The van der Waals surface area contributed by atoms with E-state index >= 15 is 0 Å². The summed E-state index contributed by atoms with van der Waals surface area (Å²) in [5, 5.41) is 4.18. The molecule has 19 heavy (non-hydrogen) atoms. The number of nitrogen functional groups attached to an aromatic ring is 1. The van der Waals surface area contributed by atoms with E-state index in [0.29, 0.717) is 6.42 Å². The monoisotopic (exact) mass is 280 g/mol. The number of aryl methyl sites for hydroxylation is 1.